The summed E-state index contributed by atoms with van der Waals surface area (Å²) in [5.74, 6) is 1.32. The summed E-state index contributed by atoms with van der Waals surface area (Å²) in [5, 5.41) is 13.4. The molecule has 5 heterocycles. The number of imidazole rings is 1. The molecule has 2 aromatic heterocycles. The van der Waals surface area contributed by atoms with E-state index in [-0.39, 0.29) is 18.2 Å². The molecule has 3 aromatic carbocycles. The number of nitrogens with one attached hydrogen (secondary N) is 1. The van der Waals surface area contributed by atoms with Crippen LogP contribution in [0.15, 0.2) is 73.2 Å². The fourth-order valence-electron chi connectivity index (χ4n) is 7.17. The number of nitrogens with zero attached hydrogens (tertiary/aromatic N) is 8. The maximum Gasteiger partial charge on any atom is 0.259 e. The molecule has 0 saturated carbocycles. The van der Waals surface area contributed by atoms with Crippen molar-refractivity contribution in [1.82, 2.24) is 29.7 Å². The lowest BCUT2D eigenvalue weighted by molar-refractivity contribution is -0.134. The molecule has 1 atom stereocenters. The van der Waals surface area contributed by atoms with Crippen molar-refractivity contribution in [2.45, 2.75) is 38.8 Å². The third-order valence-electron chi connectivity index (χ3n) is 9.63. The first-order valence-electron chi connectivity index (χ1n) is 16.4. The smallest absolute Gasteiger partial charge is 0.259 e. The van der Waals surface area contributed by atoms with Gasteiger partial charge in [-0.2, -0.15) is 5.26 Å². The molecule has 5 aromatic rings. The van der Waals surface area contributed by atoms with Crippen LogP contribution in [0.1, 0.15) is 51.4 Å². The first-order chi connectivity index (χ1) is 23.8. The van der Waals surface area contributed by atoms with Crippen LogP contribution in [0.4, 0.5) is 11.5 Å². The van der Waals surface area contributed by atoms with Crippen molar-refractivity contribution in [1.29, 1.82) is 5.26 Å². The highest BCUT2D eigenvalue weighted by molar-refractivity contribution is 6.27. The van der Waals surface area contributed by atoms with Gasteiger partial charge in [0.05, 0.1) is 5.69 Å². The van der Waals surface area contributed by atoms with E-state index >= 15 is 0 Å². The summed E-state index contributed by atoms with van der Waals surface area (Å²) in [7, 11) is 0. The van der Waals surface area contributed by atoms with Crippen LogP contribution in [0.2, 0.25) is 0 Å². The van der Waals surface area contributed by atoms with Crippen molar-refractivity contribution >= 4 is 40.0 Å². The van der Waals surface area contributed by atoms with Crippen LogP contribution in [0.25, 0.3) is 16.6 Å². The highest BCUT2D eigenvalue weighted by atomic mass is 16.2. The van der Waals surface area contributed by atoms with Crippen molar-refractivity contribution in [2.24, 2.45) is 0 Å². The number of hydrogen-bond donors (Lipinski definition) is 1. The van der Waals surface area contributed by atoms with Crippen molar-refractivity contribution in [3.05, 3.63) is 107 Å². The maximum absolute atomic E-state index is 13.5. The Balaban J connectivity index is 0.924. The molecule has 2 saturated heterocycles. The first-order valence-corrected chi connectivity index (χ1v) is 16.4. The van der Waals surface area contributed by atoms with E-state index < -0.39 is 11.9 Å². The highest BCUT2D eigenvalue weighted by Gasteiger charge is 2.40. The van der Waals surface area contributed by atoms with Crippen LogP contribution in [0.5, 0.6) is 0 Å². The van der Waals surface area contributed by atoms with Crippen LogP contribution < -0.4 is 15.1 Å². The van der Waals surface area contributed by atoms with Gasteiger partial charge in [-0.25, -0.2) is 15.0 Å². The lowest BCUT2D eigenvalue weighted by Gasteiger charge is -2.35. The molecular weight excluding hydrogens is 618 g/mol. The zero-order valence-corrected chi connectivity index (χ0v) is 27.0. The number of anilines is 2. The standard InChI is InChI=1S/C37H33N9O3/c1-23-40-32(18-33(41-23)45-21-27(19-38)39-22-45)44-15-13-43(14-16-44)20-25-7-5-24(6-8-25)17-26-9-10-30-35-28(26)3-2-4-29(35)37(49)46(30)31-11-12-34(47)42-36(31)48/h2-10,18,21-22,31H,11-17,20H2,1H3,(H,42,47,48). The predicted octanol–water partition coefficient (Wildman–Crippen LogP) is 3.67. The summed E-state index contributed by atoms with van der Waals surface area (Å²) < 4.78 is 1.75. The largest absolute Gasteiger partial charge is 0.354 e. The van der Waals surface area contributed by atoms with E-state index in [2.05, 4.69) is 60.4 Å². The molecule has 0 radical (unpaired) electrons. The van der Waals surface area contributed by atoms with Gasteiger partial charge in [0.15, 0.2) is 5.69 Å². The minimum atomic E-state index is -0.695. The Labute approximate surface area is 282 Å². The van der Waals surface area contributed by atoms with E-state index in [1.165, 1.54) is 11.1 Å². The molecule has 49 heavy (non-hydrogen) atoms. The Bertz CT molecular complexity index is 2180. The zero-order valence-electron chi connectivity index (χ0n) is 27.0. The van der Waals surface area contributed by atoms with Crippen molar-refractivity contribution < 1.29 is 14.4 Å². The average Bonchev–Trinajstić information content (AvgIpc) is 3.71. The Morgan fingerprint density at radius 1 is 0.939 bits per heavy atom. The second-order valence-electron chi connectivity index (χ2n) is 12.8. The molecule has 3 amide bonds. The molecule has 8 rings (SSSR count). The van der Waals surface area contributed by atoms with E-state index in [4.69, 9.17) is 5.26 Å². The van der Waals surface area contributed by atoms with Gasteiger partial charge in [-0.05, 0) is 54.0 Å². The van der Waals surface area contributed by atoms with Gasteiger partial charge in [0.1, 0.15) is 35.9 Å². The van der Waals surface area contributed by atoms with Crippen molar-refractivity contribution in [3.63, 3.8) is 0 Å². The fraction of sp³-hybridized carbons (Fsp3) is 0.270. The molecule has 1 N–H and O–H groups in total. The molecule has 2 fully saturated rings. The van der Waals surface area contributed by atoms with Gasteiger partial charge in [-0.15, -0.1) is 0 Å². The molecule has 12 nitrogen and oxygen atoms in total. The predicted molar refractivity (Wildman–Crippen MR) is 182 cm³/mol. The Morgan fingerprint density at radius 2 is 1.71 bits per heavy atom. The van der Waals surface area contributed by atoms with Gasteiger partial charge >= 0.3 is 0 Å². The molecule has 3 aliphatic rings. The Hall–Kier alpha value is -5.93. The summed E-state index contributed by atoms with van der Waals surface area (Å²) in [5.41, 5.74) is 5.21. The monoisotopic (exact) mass is 651 g/mol. The number of carbonyl (C=O) groups is 3. The van der Waals surface area contributed by atoms with Crippen molar-refractivity contribution in [3.8, 4) is 11.9 Å². The quantitative estimate of drug-likeness (QED) is 0.261. The Kier molecular flexibility index (Phi) is 7.61. The minimum Gasteiger partial charge on any atom is -0.354 e. The van der Waals surface area contributed by atoms with E-state index in [0.717, 1.165) is 60.6 Å². The topological polar surface area (TPSA) is 140 Å². The minimum absolute atomic E-state index is 0.195. The molecule has 1 unspecified atom stereocenters. The number of amides is 3. The molecule has 0 aliphatic carbocycles. The maximum atomic E-state index is 13.5. The zero-order chi connectivity index (χ0) is 33.6. The van der Waals surface area contributed by atoms with Crippen LogP contribution in [0.3, 0.4) is 0 Å². The van der Waals surface area contributed by atoms with E-state index in [0.29, 0.717) is 35.7 Å². The number of carbonyl (C=O) groups excluding carboxylic acids is 3. The van der Waals surface area contributed by atoms with Crippen LogP contribution in [-0.2, 0) is 22.6 Å². The van der Waals surface area contributed by atoms with E-state index in [9.17, 15) is 14.4 Å². The van der Waals surface area contributed by atoms with Crippen molar-refractivity contribution in [2.75, 3.05) is 36.0 Å². The number of piperazine rings is 1. The number of nitriles is 1. The number of hydrogen-bond acceptors (Lipinski definition) is 9. The fourth-order valence-corrected chi connectivity index (χ4v) is 7.17. The van der Waals surface area contributed by atoms with Gasteiger partial charge in [0.2, 0.25) is 11.8 Å². The molecule has 3 aliphatic heterocycles. The lowest BCUT2D eigenvalue weighted by atomic mass is 9.95. The number of rotatable bonds is 7. The summed E-state index contributed by atoms with van der Waals surface area (Å²) in [6.07, 6.45) is 4.51. The second-order valence-corrected chi connectivity index (χ2v) is 12.8. The number of benzene rings is 3. The number of piperidine rings is 1. The van der Waals surface area contributed by atoms with Crippen LogP contribution >= 0.6 is 0 Å². The van der Waals surface area contributed by atoms with E-state index in [1.807, 2.05) is 43.3 Å². The lowest BCUT2D eigenvalue weighted by Crippen LogP contribution is -2.53. The summed E-state index contributed by atoms with van der Waals surface area (Å²) in [6, 6.07) is 21.8. The van der Waals surface area contributed by atoms with Crippen LogP contribution in [0, 0.1) is 18.3 Å². The van der Waals surface area contributed by atoms with Gasteiger partial charge in [0, 0.05) is 62.4 Å². The summed E-state index contributed by atoms with van der Waals surface area (Å²) in [4.78, 5) is 57.5. The number of imide groups is 1. The molecule has 12 heteroatoms. The van der Waals surface area contributed by atoms with Gasteiger partial charge in [0.25, 0.3) is 5.91 Å². The number of aromatic nitrogens is 4. The highest BCUT2D eigenvalue weighted by Crippen LogP contribution is 2.41. The third kappa shape index (κ3) is 5.68. The Morgan fingerprint density at radius 3 is 2.47 bits per heavy atom. The molecule has 0 spiro atoms. The molecular formula is C37H33N9O3. The molecule has 244 valence electrons. The SMILES string of the molecule is Cc1nc(N2CCN(Cc3ccc(Cc4ccc5c6c(cccc46)C(=O)N5C4CCC(=O)NC4=O)cc3)CC2)cc(-n2cnc(C#N)c2)n1. The summed E-state index contributed by atoms with van der Waals surface area (Å²) >= 11 is 0. The van der Waals surface area contributed by atoms with Gasteiger partial charge in [-0.1, -0.05) is 42.5 Å². The first kappa shape index (κ1) is 30.4. The van der Waals surface area contributed by atoms with E-state index in [1.54, 1.807) is 22.0 Å². The summed E-state index contributed by atoms with van der Waals surface area (Å²) in [6.45, 7) is 6.22. The third-order valence-corrected chi connectivity index (χ3v) is 9.63. The van der Waals surface area contributed by atoms with Gasteiger partial charge in [-0.3, -0.25) is 34.1 Å². The second kappa shape index (κ2) is 12.3. The molecule has 0 bridgehead atoms. The normalized spacial score (nSPS) is 17.9. The van der Waals surface area contributed by atoms with Crippen LogP contribution in [-0.4, -0.2) is 74.4 Å². The van der Waals surface area contributed by atoms with Gasteiger partial charge < -0.3 is 4.90 Å². The number of aryl methyl sites for hydroxylation is 1. The average molecular weight is 652 g/mol.